The van der Waals surface area contributed by atoms with Crippen LogP contribution in [0.1, 0.15) is 52.4 Å². The van der Waals surface area contributed by atoms with Gasteiger partial charge in [-0.3, -0.25) is 9.69 Å². The summed E-state index contributed by atoms with van der Waals surface area (Å²) in [6, 6.07) is 0. The fourth-order valence-electron chi connectivity index (χ4n) is 2.64. The SMILES string of the molecule is CC.CC.CC1N=C(c2nn3c(c2Cl)CN(C)CCC3)N(C)N1. The van der Waals surface area contributed by atoms with Gasteiger partial charge in [0.05, 0.1) is 10.7 Å². The normalized spacial score (nSPS) is 20.6. The average molecular weight is 343 g/mol. The Balaban J connectivity index is 0.000000615. The lowest BCUT2D eigenvalue weighted by Gasteiger charge is -2.14. The Hall–Kier alpha value is -1.11. The van der Waals surface area contributed by atoms with Crippen LogP contribution in [0.5, 0.6) is 0 Å². The second-order valence-electron chi connectivity index (χ2n) is 5.24. The molecule has 0 bridgehead atoms. The molecule has 2 aliphatic heterocycles. The van der Waals surface area contributed by atoms with Crippen LogP contribution < -0.4 is 5.43 Å². The van der Waals surface area contributed by atoms with Crippen LogP contribution in [0.25, 0.3) is 0 Å². The van der Waals surface area contributed by atoms with Gasteiger partial charge >= 0.3 is 0 Å². The number of nitrogens with one attached hydrogen (secondary N) is 1. The second kappa shape index (κ2) is 9.25. The molecule has 0 fully saturated rings. The van der Waals surface area contributed by atoms with Crippen molar-refractivity contribution in [3.63, 3.8) is 0 Å². The highest BCUT2D eigenvalue weighted by Gasteiger charge is 2.28. The molecule has 0 aliphatic carbocycles. The van der Waals surface area contributed by atoms with Crippen molar-refractivity contribution in [2.24, 2.45) is 4.99 Å². The molecule has 3 rings (SSSR count). The third-order valence-electron chi connectivity index (χ3n) is 3.55. The van der Waals surface area contributed by atoms with E-state index in [9.17, 15) is 0 Å². The number of nitrogens with zero attached hydrogens (tertiary/aromatic N) is 5. The summed E-state index contributed by atoms with van der Waals surface area (Å²) in [5, 5.41) is 7.28. The number of fused-ring (bicyclic) bond motifs is 1. The van der Waals surface area contributed by atoms with E-state index in [1.54, 1.807) is 0 Å². The van der Waals surface area contributed by atoms with Crippen molar-refractivity contribution in [1.82, 2.24) is 25.1 Å². The number of rotatable bonds is 1. The van der Waals surface area contributed by atoms with Crippen LogP contribution in [-0.2, 0) is 13.1 Å². The van der Waals surface area contributed by atoms with E-state index in [4.69, 9.17) is 11.6 Å². The molecule has 6 nitrogen and oxygen atoms in total. The molecule has 2 aliphatic rings. The largest absolute Gasteiger partial charge is 0.300 e. The van der Waals surface area contributed by atoms with E-state index in [0.29, 0.717) is 0 Å². The van der Waals surface area contributed by atoms with E-state index in [1.807, 2.05) is 51.4 Å². The Labute approximate surface area is 145 Å². The number of hydrogen-bond donors (Lipinski definition) is 1. The number of halogens is 1. The van der Waals surface area contributed by atoms with Crippen LogP contribution in [0.2, 0.25) is 5.02 Å². The molecule has 0 saturated heterocycles. The Morgan fingerprint density at radius 3 is 2.35 bits per heavy atom. The highest BCUT2D eigenvalue weighted by Crippen LogP contribution is 2.26. The number of aromatic nitrogens is 2. The van der Waals surface area contributed by atoms with Crippen LogP contribution in [0, 0.1) is 0 Å². The van der Waals surface area contributed by atoms with Crippen molar-refractivity contribution in [1.29, 1.82) is 0 Å². The van der Waals surface area contributed by atoms with Crippen molar-refractivity contribution in [2.75, 3.05) is 20.6 Å². The van der Waals surface area contributed by atoms with Gasteiger partial charge in [-0.15, -0.1) is 0 Å². The van der Waals surface area contributed by atoms with Gasteiger partial charge in [-0.1, -0.05) is 39.3 Å². The van der Waals surface area contributed by atoms with Crippen LogP contribution in [0.15, 0.2) is 4.99 Å². The molecule has 0 amide bonds. The molecule has 23 heavy (non-hydrogen) atoms. The van der Waals surface area contributed by atoms with Crippen molar-refractivity contribution >= 4 is 17.4 Å². The summed E-state index contributed by atoms with van der Waals surface area (Å²) in [5.41, 5.74) is 5.08. The minimum atomic E-state index is 0.0697. The number of aliphatic imine (C=N–C) groups is 1. The van der Waals surface area contributed by atoms with Gasteiger partial charge in [-0.05, 0) is 20.4 Å². The molecule has 1 aromatic heterocycles. The van der Waals surface area contributed by atoms with Gasteiger partial charge in [0.2, 0.25) is 0 Å². The van der Waals surface area contributed by atoms with Gasteiger partial charge in [0.25, 0.3) is 0 Å². The molecule has 132 valence electrons. The summed E-state index contributed by atoms with van der Waals surface area (Å²) in [7, 11) is 4.05. The maximum atomic E-state index is 6.53. The zero-order chi connectivity index (χ0) is 17.6. The van der Waals surface area contributed by atoms with Crippen LogP contribution in [-0.4, -0.2) is 52.3 Å². The topological polar surface area (TPSA) is 48.7 Å². The number of amidine groups is 1. The number of aryl methyl sites for hydroxylation is 1. The Bertz CT molecular complexity index is 525. The van der Waals surface area contributed by atoms with E-state index in [0.717, 1.165) is 48.3 Å². The standard InChI is InChI=1S/C12H19ClN6.2C2H6/c1-8-14-12(18(3)15-8)11-10(13)9-7-17(2)5-4-6-19(9)16-11;2*1-2/h8,15H,4-7H2,1-3H3;2*1-2H3. The Morgan fingerprint density at radius 1 is 1.13 bits per heavy atom. The summed E-state index contributed by atoms with van der Waals surface area (Å²) < 4.78 is 2.03. The molecule has 0 aromatic carbocycles. The van der Waals surface area contributed by atoms with Crippen molar-refractivity contribution in [3.8, 4) is 0 Å². The van der Waals surface area contributed by atoms with Gasteiger partial charge in [0.1, 0.15) is 11.9 Å². The molecule has 0 radical (unpaired) electrons. The molecule has 0 saturated carbocycles. The summed E-state index contributed by atoms with van der Waals surface area (Å²) in [5.74, 6) is 0.820. The Morgan fingerprint density at radius 2 is 1.78 bits per heavy atom. The fraction of sp³-hybridized carbons (Fsp3) is 0.750. The zero-order valence-corrected chi connectivity index (χ0v) is 16.3. The van der Waals surface area contributed by atoms with Gasteiger partial charge < -0.3 is 4.90 Å². The predicted molar refractivity (Wildman–Crippen MR) is 97.8 cm³/mol. The van der Waals surface area contributed by atoms with Crippen LogP contribution in [0.3, 0.4) is 0 Å². The lowest BCUT2D eigenvalue weighted by Crippen LogP contribution is -2.36. The van der Waals surface area contributed by atoms with E-state index in [1.165, 1.54) is 0 Å². The number of hydrogen-bond acceptors (Lipinski definition) is 5. The van der Waals surface area contributed by atoms with Crippen molar-refractivity contribution in [3.05, 3.63) is 16.4 Å². The molecule has 7 heteroatoms. The van der Waals surface area contributed by atoms with Gasteiger partial charge in [0, 0.05) is 26.7 Å². The minimum absolute atomic E-state index is 0.0697. The van der Waals surface area contributed by atoms with Crippen LogP contribution in [0.4, 0.5) is 0 Å². The minimum Gasteiger partial charge on any atom is -0.300 e. The predicted octanol–water partition coefficient (Wildman–Crippen LogP) is 2.97. The molecular weight excluding hydrogens is 312 g/mol. The van der Waals surface area contributed by atoms with E-state index in [-0.39, 0.29) is 6.17 Å². The summed E-state index contributed by atoms with van der Waals surface area (Å²) in [6.45, 7) is 12.8. The molecule has 0 spiro atoms. The molecule has 3 heterocycles. The monoisotopic (exact) mass is 342 g/mol. The lowest BCUT2D eigenvalue weighted by atomic mass is 10.3. The molecular formula is C16H31ClN6. The smallest absolute Gasteiger partial charge is 0.169 e. The zero-order valence-electron chi connectivity index (χ0n) is 15.5. The van der Waals surface area contributed by atoms with E-state index in [2.05, 4.69) is 27.5 Å². The summed E-state index contributed by atoms with van der Waals surface area (Å²) in [6.07, 6.45) is 1.16. The maximum Gasteiger partial charge on any atom is 0.169 e. The van der Waals surface area contributed by atoms with Gasteiger partial charge in [0.15, 0.2) is 5.84 Å². The molecule has 1 aromatic rings. The third kappa shape index (κ3) is 4.46. The lowest BCUT2D eigenvalue weighted by molar-refractivity contribution is 0.332. The first-order valence-electron chi connectivity index (χ1n) is 8.58. The van der Waals surface area contributed by atoms with Crippen molar-refractivity contribution < 1.29 is 0 Å². The average Bonchev–Trinajstić information content (AvgIpc) is 2.96. The van der Waals surface area contributed by atoms with E-state index < -0.39 is 0 Å². The fourth-order valence-corrected chi connectivity index (χ4v) is 2.92. The third-order valence-corrected chi connectivity index (χ3v) is 3.95. The first-order valence-corrected chi connectivity index (χ1v) is 8.96. The quantitative estimate of drug-likeness (QED) is 0.852. The van der Waals surface area contributed by atoms with Gasteiger partial charge in [-0.25, -0.2) is 10.4 Å². The summed E-state index contributed by atoms with van der Waals surface area (Å²) in [4.78, 5) is 6.82. The first-order chi connectivity index (χ1) is 11.1. The van der Waals surface area contributed by atoms with Gasteiger partial charge in [-0.2, -0.15) is 5.10 Å². The Kier molecular flexibility index (Phi) is 8.02. The molecule has 1 atom stereocenters. The van der Waals surface area contributed by atoms with Crippen molar-refractivity contribution in [2.45, 2.75) is 60.3 Å². The highest BCUT2D eigenvalue weighted by atomic mass is 35.5. The summed E-state index contributed by atoms with van der Waals surface area (Å²) >= 11 is 6.53. The second-order valence-corrected chi connectivity index (χ2v) is 5.62. The number of hydrazine groups is 1. The van der Waals surface area contributed by atoms with Crippen LogP contribution >= 0.6 is 11.6 Å². The maximum absolute atomic E-state index is 6.53. The molecule has 1 N–H and O–H groups in total. The first kappa shape index (κ1) is 19.9. The highest BCUT2D eigenvalue weighted by molar-refractivity contribution is 6.34. The molecule has 1 unspecified atom stereocenters. The van der Waals surface area contributed by atoms with E-state index >= 15 is 0 Å².